The van der Waals surface area contributed by atoms with Crippen LogP contribution < -0.4 is 4.58 Å². The predicted molar refractivity (Wildman–Crippen MR) is 104 cm³/mol. The van der Waals surface area contributed by atoms with Crippen molar-refractivity contribution in [1.29, 1.82) is 0 Å². The highest BCUT2D eigenvalue weighted by Gasteiger charge is 2.26. The lowest BCUT2D eigenvalue weighted by atomic mass is 10.2. The van der Waals surface area contributed by atoms with E-state index < -0.39 is 0 Å². The number of thiol groups is 1. The molecule has 1 nitrogen and oxygen atoms in total. The number of benzene rings is 3. The van der Waals surface area contributed by atoms with Crippen LogP contribution in [0, 0.1) is 0 Å². The first-order chi connectivity index (χ1) is 11.3. The van der Waals surface area contributed by atoms with Crippen LogP contribution in [0.5, 0.6) is 0 Å². The van der Waals surface area contributed by atoms with Crippen LogP contribution in [0.1, 0.15) is 0 Å². The maximum Gasteiger partial charge on any atom is 0.223 e. The zero-order valence-corrected chi connectivity index (χ0v) is 14.6. The summed E-state index contributed by atoms with van der Waals surface area (Å²) in [4.78, 5) is 4.01. The van der Waals surface area contributed by atoms with Crippen molar-refractivity contribution in [1.82, 2.24) is 4.58 Å². The van der Waals surface area contributed by atoms with Gasteiger partial charge in [-0.1, -0.05) is 42.1 Å². The third kappa shape index (κ3) is 2.94. The molecule has 0 saturated carbocycles. The van der Waals surface area contributed by atoms with E-state index in [2.05, 4.69) is 95.2 Å². The molecule has 114 valence electrons. The molecule has 23 heavy (non-hydrogen) atoms. The van der Waals surface area contributed by atoms with Crippen LogP contribution in [0.25, 0.3) is 0 Å². The van der Waals surface area contributed by atoms with Crippen molar-refractivity contribution in [3.8, 4) is 0 Å². The Morgan fingerprint density at radius 2 is 1.39 bits per heavy atom. The van der Waals surface area contributed by atoms with Gasteiger partial charge in [-0.25, -0.2) is 0 Å². The second-order valence-corrected chi connectivity index (χ2v) is 8.58. The SMILES string of the molecule is C[SH]1C=[N+](c2ccc(Sc3ccccc3)cc2)c2ccccc21. The average molecular weight is 337 g/mol. The van der Waals surface area contributed by atoms with Gasteiger partial charge in [-0.2, -0.15) is 4.58 Å². The van der Waals surface area contributed by atoms with Gasteiger partial charge in [0.1, 0.15) is 0 Å². The molecule has 4 rings (SSSR count). The summed E-state index contributed by atoms with van der Waals surface area (Å²) in [5, 5.41) is 0. The van der Waals surface area contributed by atoms with E-state index in [1.165, 1.54) is 26.1 Å². The third-order valence-electron chi connectivity index (χ3n) is 3.90. The molecule has 0 spiro atoms. The summed E-state index contributed by atoms with van der Waals surface area (Å²) >= 11 is 1.80. The number of nitrogens with zero attached hydrogens (tertiary/aromatic N) is 1. The highest BCUT2D eigenvalue weighted by molar-refractivity contribution is 8.28. The Morgan fingerprint density at radius 1 is 0.739 bits per heavy atom. The van der Waals surface area contributed by atoms with Crippen LogP contribution in [0.3, 0.4) is 0 Å². The summed E-state index contributed by atoms with van der Waals surface area (Å²) in [5.74, 6) is 0. The second kappa shape index (κ2) is 6.26. The molecule has 1 heterocycles. The number of para-hydroxylation sites is 1. The first-order valence-corrected chi connectivity index (χ1v) is 10.3. The predicted octanol–water partition coefficient (Wildman–Crippen LogP) is 5.70. The summed E-state index contributed by atoms with van der Waals surface area (Å²) in [6, 6.07) is 28.1. The topological polar surface area (TPSA) is 3.01 Å². The van der Waals surface area contributed by atoms with Crippen molar-refractivity contribution in [3.63, 3.8) is 0 Å². The lowest BCUT2D eigenvalue weighted by molar-refractivity contribution is 1.08. The molecule has 0 aliphatic carbocycles. The van der Waals surface area contributed by atoms with Gasteiger partial charge in [0.15, 0.2) is 5.55 Å². The van der Waals surface area contributed by atoms with Gasteiger partial charge in [0.25, 0.3) is 0 Å². The Labute approximate surface area is 144 Å². The molecule has 3 aromatic rings. The Morgan fingerprint density at radius 3 is 2.17 bits per heavy atom. The number of fused-ring (bicyclic) bond motifs is 1. The van der Waals surface area contributed by atoms with Gasteiger partial charge in [-0.3, -0.25) is 0 Å². The average Bonchev–Trinajstić information content (AvgIpc) is 2.94. The molecule has 0 aromatic heterocycles. The number of hydrogen-bond donors (Lipinski definition) is 1. The maximum atomic E-state index is 2.36. The van der Waals surface area contributed by atoms with E-state index in [9.17, 15) is 0 Å². The van der Waals surface area contributed by atoms with E-state index in [1.807, 2.05) is 0 Å². The lowest BCUT2D eigenvalue weighted by Gasteiger charge is -2.03. The Bertz CT molecular complexity index is 854. The molecule has 1 aliphatic rings. The molecule has 0 radical (unpaired) electrons. The van der Waals surface area contributed by atoms with Crippen LogP contribution in [0.4, 0.5) is 11.4 Å². The Kier molecular flexibility index (Phi) is 3.98. The highest BCUT2D eigenvalue weighted by Crippen LogP contribution is 2.44. The summed E-state index contributed by atoms with van der Waals surface area (Å²) < 4.78 is 2.33. The fourth-order valence-corrected chi connectivity index (χ4v) is 5.20. The monoisotopic (exact) mass is 336 g/mol. The molecular formula is C20H18NS2+. The molecule has 1 unspecified atom stereocenters. The minimum Gasteiger partial charge on any atom is -0.155 e. The molecule has 1 atom stereocenters. The van der Waals surface area contributed by atoms with Crippen LogP contribution >= 0.6 is 22.7 Å². The molecule has 0 saturated heterocycles. The van der Waals surface area contributed by atoms with E-state index >= 15 is 0 Å². The van der Waals surface area contributed by atoms with Gasteiger partial charge < -0.3 is 0 Å². The highest BCUT2D eigenvalue weighted by atomic mass is 32.2. The van der Waals surface area contributed by atoms with E-state index in [-0.39, 0.29) is 10.9 Å². The van der Waals surface area contributed by atoms with Crippen LogP contribution in [-0.4, -0.2) is 11.8 Å². The van der Waals surface area contributed by atoms with E-state index in [0.29, 0.717) is 0 Å². The van der Waals surface area contributed by atoms with Crippen LogP contribution in [0.15, 0.2) is 93.5 Å². The van der Waals surface area contributed by atoms with Crippen molar-refractivity contribution in [2.45, 2.75) is 14.7 Å². The van der Waals surface area contributed by atoms with Gasteiger partial charge >= 0.3 is 0 Å². The van der Waals surface area contributed by atoms with Crippen molar-refractivity contribution in [2.24, 2.45) is 0 Å². The molecule has 3 aromatic carbocycles. The molecular weight excluding hydrogens is 318 g/mol. The first-order valence-electron chi connectivity index (χ1n) is 7.60. The third-order valence-corrected chi connectivity index (χ3v) is 6.63. The van der Waals surface area contributed by atoms with E-state index in [4.69, 9.17) is 0 Å². The summed E-state index contributed by atoms with van der Waals surface area (Å²) in [7, 11) is -0.195. The van der Waals surface area contributed by atoms with E-state index in [1.54, 1.807) is 11.8 Å². The van der Waals surface area contributed by atoms with Crippen LogP contribution in [0.2, 0.25) is 0 Å². The minimum absolute atomic E-state index is 0.195. The largest absolute Gasteiger partial charge is 0.223 e. The molecule has 0 N–H and O–H groups in total. The number of rotatable bonds is 3. The van der Waals surface area contributed by atoms with Gasteiger partial charge in [0, 0.05) is 28.0 Å². The molecule has 0 amide bonds. The summed E-state index contributed by atoms with van der Waals surface area (Å²) in [6.45, 7) is 0. The lowest BCUT2D eigenvalue weighted by Crippen LogP contribution is -1.99. The second-order valence-electron chi connectivity index (χ2n) is 5.49. The zero-order chi connectivity index (χ0) is 15.6. The summed E-state index contributed by atoms with van der Waals surface area (Å²) in [5.41, 5.74) is 4.92. The number of hydrogen-bond acceptors (Lipinski definition) is 1. The van der Waals surface area contributed by atoms with Gasteiger partial charge in [-0.15, -0.1) is 10.9 Å². The standard InChI is InChI=1S/C20H18NS2/c1-23-15-21(19-9-5-6-10-20(19)23)16-11-13-18(14-12-16)22-17-7-3-2-4-8-17/h2-15,23H,1H3/q+1. The van der Waals surface area contributed by atoms with Gasteiger partial charge in [-0.05, 0) is 36.6 Å². The maximum absolute atomic E-state index is 2.36. The van der Waals surface area contributed by atoms with Crippen molar-refractivity contribution in [3.05, 3.63) is 78.9 Å². The van der Waals surface area contributed by atoms with Gasteiger partial charge in [0.2, 0.25) is 11.4 Å². The first kappa shape index (κ1) is 14.6. The smallest absolute Gasteiger partial charge is 0.155 e. The van der Waals surface area contributed by atoms with Crippen molar-refractivity contribution >= 4 is 39.6 Å². The Balaban J connectivity index is 1.61. The molecule has 3 heteroatoms. The zero-order valence-electron chi connectivity index (χ0n) is 12.9. The Hall–Kier alpha value is -1.97. The normalized spacial score (nSPS) is 17.6. The molecule has 0 fully saturated rings. The van der Waals surface area contributed by atoms with Crippen molar-refractivity contribution in [2.75, 3.05) is 6.26 Å². The molecule has 0 bridgehead atoms. The van der Waals surface area contributed by atoms with Crippen LogP contribution in [-0.2, 0) is 0 Å². The molecule has 1 aliphatic heterocycles. The fourth-order valence-electron chi connectivity index (χ4n) is 2.77. The fraction of sp³-hybridized carbons (Fsp3) is 0.0500. The van der Waals surface area contributed by atoms with Crippen molar-refractivity contribution < 1.29 is 0 Å². The summed E-state index contributed by atoms with van der Waals surface area (Å²) in [6.07, 6.45) is 2.31. The van der Waals surface area contributed by atoms with Gasteiger partial charge in [0.05, 0.1) is 4.90 Å². The van der Waals surface area contributed by atoms with E-state index in [0.717, 1.165) is 0 Å². The quantitative estimate of drug-likeness (QED) is 0.474. The minimum atomic E-state index is -0.195.